The van der Waals surface area contributed by atoms with Crippen molar-refractivity contribution in [3.63, 3.8) is 0 Å². The third-order valence-electron chi connectivity index (χ3n) is 5.35. The van der Waals surface area contributed by atoms with E-state index in [4.69, 9.17) is 4.74 Å². The van der Waals surface area contributed by atoms with Crippen LogP contribution in [0.4, 0.5) is 0 Å². The van der Waals surface area contributed by atoms with Crippen molar-refractivity contribution in [2.75, 3.05) is 19.8 Å². The van der Waals surface area contributed by atoms with Crippen LogP contribution in [0.1, 0.15) is 101 Å². The van der Waals surface area contributed by atoms with Crippen LogP contribution in [0.15, 0.2) is 0 Å². The molecule has 0 heterocycles. The summed E-state index contributed by atoms with van der Waals surface area (Å²) in [5.41, 5.74) is 0.763. The molecule has 0 aromatic heterocycles. The van der Waals surface area contributed by atoms with Crippen molar-refractivity contribution in [1.29, 1.82) is 0 Å². The molecule has 3 unspecified atom stereocenters. The second-order valence-corrected chi connectivity index (χ2v) is 11.8. The third-order valence-corrected chi connectivity index (χ3v) is 5.35. The highest BCUT2D eigenvalue weighted by Crippen LogP contribution is 2.33. The van der Waals surface area contributed by atoms with Crippen LogP contribution in [-0.2, 0) is 9.53 Å². The largest absolute Gasteiger partial charge is 0.381 e. The van der Waals surface area contributed by atoms with Gasteiger partial charge in [0.15, 0.2) is 0 Å². The van der Waals surface area contributed by atoms with E-state index in [-0.39, 0.29) is 11.8 Å². The van der Waals surface area contributed by atoms with Crippen LogP contribution < -0.4 is 5.32 Å². The molecule has 0 aromatic carbocycles. The average Bonchev–Trinajstić information content (AvgIpc) is 2.49. The summed E-state index contributed by atoms with van der Waals surface area (Å²) in [4.78, 5) is 11.6. The maximum Gasteiger partial charge on any atom is 0.222 e. The molecule has 0 saturated heterocycles. The second-order valence-electron chi connectivity index (χ2n) is 11.8. The molecular formula is C25H51NO2. The molecule has 0 aliphatic rings. The number of carbonyl (C=O) groups excluding carboxylic acids is 1. The first-order valence-electron chi connectivity index (χ1n) is 11.6. The van der Waals surface area contributed by atoms with Gasteiger partial charge in [-0.1, -0.05) is 75.7 Å². The molecule has 3 nitrogen and oxygen atoms in total. The Bertz CT molecular complexity index is 417. The lowest BCUT2D eigenvalue weighted by Gasteiger charge is -2.31. The fourth-order valence-corrected chi connectivity index (χ4v) is 4.14. The number of amides is 1. The minimum absolute atomic E-state index is 0.0543. The molecule has 0 saturated carbocycles. The third kappa shape index (κ3) is 15.4. The van der Waals surface area contributed by atoms with E-state index in [2.05, 4.69) is 60.7 Å². The van der Waals surface area contributed by atoms with Gasteiger partial charge in [-0.05, 0) is 54.3 Å². The summed E-state index contributed by atoms with van der Waals surface area (Å²) in [6, 6.07) is 0. The van der Waals surface area contributed by atoms with Crippen LogP contribution in [-0.4, -0.2) is 25.7 Å². The van der Waals surface area contributed by atoms with Crippen LogP contribution in [0.3, 0.4) is 0 Å². The van der Waals surface area contributed by atoms with Crippen molar-refractivity contribution in [2.24, 2.45) is 34.5 Å². The van der Waals surface area contributed by atoms with Crippen molar-refractivity contribution < 1.29 is 9.53 Å². The predicted octanol–water partition coefficient (Wildman–Crippen LogP) is 6.71. The van der Waals surface area contributed by atoms with E-state index < -0.39 is 0 Å². The maximum absolute atomic E-state index is 11.6. The molecule has 0 radical (unpaired) electrons. The number of nitrogens with one attached hydrogen (secondary N) is 1. The lowest BCUT2D eigenvalue weighted by atomic mass is 9.76. The van der Waals surface area contributed by atoms with E-state index in [1.807, 2.05) is 13.8 Å². The topological polar surface area (TPSA) is 38.3 Å². The van der Waals surface area contributed by atoms with Crippen molar-refractivity contribution in [2.45, 2.75) is 101 Å². The molecule has 0 fully saturated rings. The van der Waals surface area contributed by atoms with Crippen LogP contribution in [0, 0.1) is 34.5 Å². The SMILES string of the molecule is CC(CCC(COCCCNC(=O)C(C)C)C(C)CC(C)(C)C)CC(C)(C)C. The van der Waals surface area contributed by atoms with Gasteiger partial charge in [-0.2, -0.15) is 0 Å². The minimum Gasteiger partial charge on any atom is -0.381 e. The van der Waals surface area contributed by atoms with Crippen molar-refractivity contribution in [3.8, 4) is 0 Å². The highest BCUT2D eigenvalue weighted by molar-refractivity contribution is 5.77. The molecule has 28 heavy (non-hydrogen) atoms. The molecule has 3 heteroatoms. The summed E-state index contributed by atoms with van der Waals surface area (Å²) in [5.74, 6) is 2.23. The molecule has 1 N–H and O–H groups in total. The summed E-state index contributed by atoms with van der Waals surface area (Å²) >= 11 is 0. The normalized spacial score (nSPS) is 16.1. The minimum atomic E-state index is 0.0543. The van der Waals surface area contributed by atoms with Crippen LogP contribution in [0.5, 0.6) is 0 Å². The first-order chi connectivity index (χ1) is 12.7. The second kappa shape index (κ2) is 12.9. The van der Waals surface area contributed by atoms with Gasteiger partial charge in [-0.3, -0.25) is 4.79 Å². The lowest BCUT2D eigenvalue weighted by Crippen LogP contribution is -2.29. The fraction of sp³-hybridized carbons (Fsp3) is 0.960. The molecule has 1 amide bonds. The van der Waals surface area contributed by atoms with E-state index in [0.717, 1.165) is 25.6 Å². The summed E-state index contributed by atoms with van der Waals surface area (Å²) in [6.45, 7) is 24.9. The number of hydrogen-bond donors (Lipinski definition) is 1. The van der Waals surface area contributed by atoms with Crippen LogP contribution in [0.2, 0.25) is 0 Å². The van der Waals surface area contributed by atoms with Gasteiger partial charge < -0.3 is 10.1 Å². The predicted molar refractivity (Wildman–Crippen MR) is 122 cm³/mol. The van der Waals surface area contributed by atoms with Gasteiger partial charge in [0, 0.05) is 25.7 Å². The van der Waals surface area contributed by atoms with Gasteiger partial charge in [-0.15, -0.1) is 0 Å². The number of rotatable bonds is 13. The first kappa shape index (κ1) is 27.4. The number of hydrogen-bond acceptors (Lipinski definition) is 2. The molecule has 0 spiro atoms. The summed E-state index contributed by atoms with van der Waals surface area (Å²) in [6.07, 6.45) is 5.94. The van der Waals surface area contributed by atoms with Gasteiger partial charge >= 0.3 is 0 Å². The maximum atomic E-state index is 11.6. The van der Waals surface area contributed by atoms with E-state index in [9.17, 15) is 4.79 Å². The number of carbonyl (C=O) groups is 1. The van der Waals surface area contributed by atoms with Gasteiger partial charge in [0.2, 0.25) is 5.91 Å². The van der Waals surface area contributed by atoms with Crippen molar-refractivity contribution in [1.82, 2.24) is 5.32 Å². The molecular weight excluding hydrogens is 346 g/mol. The van der Waals surface area contributed by atoms with Crippen LogP contribution in [0.25, 0.3) is 0 Å². The molecule has 0 rings (SSSR count). The van der Waals surface area contributed by atoms with Gasteiger partial charge in [0.05, 0.1) is 0 Å². The Labute approximate surface area is 176 Å². The molecule has 0 aromatic rings. The van der Waals surface area contributed by atoms with E-state index >= 15 is 0 Å². The smallest absolute Gasteiger partial charge is 0.222 e. The lowest BCUT2D eigenvalue weighted by molar-refractivity contribution is -0.124. The average molecular weight is 398 g/mol. The summed E-state index contributed by atoms with van der Waals surface area (Å²) in [5, 5.41) is 2.97. The molecule has 0 aliphatic heterocycles. The van der Waals surface area contributed by atoms with E-state index in [1.165, 1.54) is 25.7 Å². The highest BCUT2D eigenvalue weighted by atomic mass is 16.5. The molecule has 0 bridgehead atoms. The number of ether oxygens (including phenoxy) is 1. The van der Waals surface area contributed by atoms with Crippen molar-refractivity contribution >= 4 is 5.91 Å². The zero-order valence-electron chi connectivity index (χ0n) is 20.8. The first-order valence-corrected chi connectivity index (χ1v) is 11.6. The monoisotopic (exact) mass is 397 g/mol. The van der Waals surface area contributed by atoms with Gasteiger partial charge in [0.1, 0.15) is 0 Å². The Kier molecular flexibility index (Phi) is 12.6. The Balaban J connectivity index is 4.43. The Morgan fingerprint density at radius 1 is 0.893 bits per heavy atom. The van der Waals surface area contributed by atoms with E-state index in [0.29, 0.717) is 29.2 Å². The Hall–Kier alpha value is -0.570. The van der Waals surface area contributed by atoms with Crippen molar-refractivity contribution in [3.05, 3.63) is 0 Å². The standard InChI is InChI=1S/C25H51NO2/c1-19(2)23(27)26-14-11-15-28-18-22(21(4)17-25(8,9)10)13-12-20(3)16-24(5,6)7/h19-22H,11-18H2,1-10H3,(H,26,27). The van der Waals surface area contributed by atoms with Gasteiger partial charge in [-0.25, -0.2) is 0 Å². The molecule has 168 valence electrons. The zero-order valence-corrected chi connectivity index (χ0v) is 20.8. The fourth-order valence-electron chi connectivity index (χ4n) is 4.14. The highest BCUT2D eigenvalue weighted by Gasteiger charge is 2.24. The quantitative estimate of drug-likeness (QED) is 0.351. The molecule has 0 aliphatic carbocycles. The van der Waals surface area contributed by atoms with E-state index in [1.54, 1.807) is 0 Å². The Morgan fingerprint density at radius 2 is 1.46 bits per heavy atom. The van der Waals surface area contributed by atoms with Crippen LogP contribution >= 0.6 is 0 Å². The summed E-state index contributed by atoms with van der Waals surface area (Å²) < 4.78 is 6.06. The molecule has 3 atom stereocenters. The van der Waals surface area contributed by atoms with Gasteiger partial charge in [0.25, 0.3) is 0 Å². The summed E-state index contributed by atoms with van der Waals surface area (Å²) in [7, 11) is 0. The zero-order chi connectivity index (χ0) is 22.0. The Morgan fingerprint density at radius 3 is 1.96 bits per heavy atom.